The summed E-state index contributed by atoms with van der Waals surface area (Å²) in [5.74, 6) is -0.324. The van der Waals surface area contributed by atoms with Crippen molar-refractivity contribution < 1.29 is 44.2 Å². The summed E-state index contributed by atoms with van der Waals surface area (Å²) >= 11 is 0. The molecule has 9 heteroatoms. The molecule has 0 radical (unpaired) electrons. The summed E-state index contributed by atoms with van der Waals surface area (Å²) in [7, 11) is 0. The Hall–Kier alpha value is -2.63. The lowest BCUT2D eigenvalue weighted by Gasteiger charge is -2.39. The molecule has 0 aromatic heterocycles. The van der Waals surface area contributed by atoms with Crippen molar-refractivity contribution in [3.05, 3.63) is 85.1 Å². The average Bonchev–Trinajstić information content (AvgIpc) is 3.34. The largest absolute Gasteiger partial charge is 0.457 e. The topological polar surface area (TPSA) is 135 Å². The van der Waals surface area contributed by atoms with Gasteiger partial charge in [-0.15, -0.1) is 0 Å². The van der Waals surface area contributed by atoms with Crippen LogP contribution in [0.3, 0.4) is 0 Å². The summed E-state index contributed by atoms with van der Waals surface area (Å²) in [6, 6.07) is 0. The fourth-order valence-electron chi connectivity index (χ4n) is 8.02. The third-order valence-electron chi connectivity index (χ3n) is 12.3. The number of hydrogen-bond donors (Lipinski definition) is 4. The molecular weight excluding hydrogens is 853 g/mol. The van der Waals surface area contributed by atoms with Gasteiger partial charge < -0.3 is 39.4 Å². The van der Waals surface area contributed by atoms with Crippen molar-refractivity contribution in [3.63, 3.8) is 0 Å². The Morgan fingerprint density at radius 1 is 0.485 bits per heavy atom. The molecule has 0 aromatic carbocycles. The normalized spacial score (nSPS) is 19.8. The zero-order valence-corrected chi connectivity index (χ0v) is 43.3. The summed E-state index contributed by atoms with van der Waals surface area (Å²) in [4.78, 5) is 12.9. The quantitative estimate of drug-likeness (QED) is 0.0267. The van der Waals surface area contributed by atoms with E-state index in [-0.39, 0.29) is 19.2 Å². The third-order valence-corrected chi connectivity index (χ3v) is 12.3. The summed E-state index contributed by atoms with van der Waals surface area (Å²) in [6.45, 7) is 4.42. The number of hydrogen-bond acceptors (Lipinski definition) is 9. The standard InChI is InChI=1S/C59H102O9/c1-3-5-7-9-11-13-15-17-19-21-23-25-27-28-30-32-34-36-38-40-42-44-46-48-55(61)67-53(52-66-59-58(64)57(63)56(62)54(50-60)68-59)51-65-49-47-45-43-41-39-37-35-33-31-29-26-24-22-20-18-16-14-12-10-8-6-4-2/h5,7,11,13,16-19,22-25,29,31,53-54,56-60,62-64H,3-4,6,8-10,12,14-15,20-21,26-28,30,32-52H2,1-2H3/b7-5-,13-11-,18-16-,19-17-,24-22-,25-23-,31-29-. The number of allylic oxidation sites excluding steroid dienone is 14. The van der Waals surface area contributed by atoms with E-state index in [2.05, 4.69) is 98.9 Å². The monoisotopic (exact) mass is 955 g/mol. The van der Waals surface area contributed by atoms with E-state index < -0.39 is 43.4 Å². The van der Waals surface area contributed by atoms with Crippen molar-refractivity contribution >= 4 is 5.97 Å². The van der Waals surface area contributed by atoms with Crippen LogP contribution in [0.15, 0.2) is 85.1 Å². The van der Waals surface area contributed by atoms with Crippen LogP contribution in [0, 0.1) is 0 Å². The van der Waals surface area contributed by atoms with Crippen LogP contribution < -0.4 is 0 Å². The van der Waals surface area contributed by atoms with Gasteiger partial charge >= 0.3 is 5.97 Å². The fraction of sp³-hybridized carbons (Fsp3) is 0.746. The molecule has 0 saturated carbocycles. The molecular formula is C59H102O9. The van der Waals surface area contributed by atoms with E-state index in [1.165, 1.54) is 109 Å². The Labute approximate surface area is 416 Å². The molecule has 1 heterocycles. The van der Waals surface area contributed by atoms with Crippen LogP contribution in [0.4, 0.5) is 0 Å². The van der Waals surface area contributed by atoms with Gasteiger partial charge in [0, 0.05) is 13.0 Å². The number of carbonyl (C=O) groups excluding carboxylic acids is 1. The number of carbonyl (C=O) groups is 1. The Kier molecular flexibility index (Phi) is 46.0. The smallest absolute Gasteiger partial charge is 0.306 e. The van der Waals surface area contributed by atoms with Gasteiger partial charge in [-0.2, -0.15) is 0 Å². The molecule has 1 saturated heterocycles. The van der Waals surface area contributed by atoms with Crippen LogP contribution in [0.1, 0.15) is 219 Å². The van der Waals surface area contributed by atoms with Crippen molar-refractivity contribution in [3.8, 4) is 0 Å². The zero-order valence-electron chi connectivity index (χ0n) is 43.3. The van der Waals surface area contributed by atoms with Gasteiger partial charge in [0.05, 0.1) is 19.8 Å². The van der Waals surface area contributed by atoms with Gasteiger partial charge in [-0.25, -0.2) is 0 Å². The first-order chi connectivity index (χ1) is 33.4. The lowest BCUT2D eigenvalue weighted by Crippen LogP contribution is -2.59. The first-order valence-electron chi connectivity index (χ1n) is 27.7. The van der Waals surface area contributed by atoms with Crippen LogP contribution in [-0.2, 0) is 23.7 Å². The molecule has 6 atom stereocenters. The first kappa shape index (κ1) is 63.4. The maximum absolute atomic E-state index is 12.9. The number of aliphatic hydroxyl groups excluding tert-OH is 4. The minimum atomic E-state index is -1.54. The number of ether oxygens (including phenoxy) is 4. The van der Waals surface area contributed by atoms with Crippen molar-refractivity contribution in [2.24, 2.45) is 0 Å². The van der Waals surface area contributed by atoms with Gasteiger partial charge in [0.15, 0.2) is 6.29 Å². The predicted molar refractivity (Wildman–Crippen MR) is 283 cm³/mol. The molecule has 0 spiro atoms. The van der Waals surface area contributed by atoms with Gasteiger partial charge in [0.1, 0.15) is 30.5 Å². The summed E-state index contributed by atoms with van der Waals surface area (Å²) in [5, 5.41) is 40.3. The van der Waals surface area contributed by atoms with E-state index in [1.807, 2.05) is 0 Å². The van der Waals surface area contributed by atoms with E-state index in [4.69, 9.17) is 18.9 Å². The summed E-state index contributed by atoms with van der Waals surface area (Å²) in [6.07, 6.45) is 60.4. The summed E-state index contributed by atoms with van der Waals surface area (Å²) in [5.41, 5.74) is 0. The molecule has 68 heavy (non-hydrogen) atoms. The van der Waals surface area contributed by atoms with Crippen molar-refractivity contribution in [1.82, 2.24) is 0 Å². The zero-order chi connectivity index (χ0) is 49.2. The first-order valence-corrected chi connectivity index (χ1v) is 27.7. The van der Waals surface area contributed by atoms with Gasteiger partial charge in [-0.1, -0.05) is 208 Å². The lowest BCUT2D eigenvalue weighted by molar-refractivity contribution is -0.305. The molecule has 1 aliphatic heterocycles. The minimum Gasteiger partial charge on any atom is -0.457 e. The third kappa shape index (κ3) is 39.1. The van der Waals surface area contributed by atoms with E-state index >= 15 is 0 Å². The molecule has 1 aliphatic rings. The van der Waals surface area contributed by atoms with Crippen molar-refractivity contribution in [2.75, 3.05) is 26.4 Å². The molecule has 0 amide bonds. The summed E-state index contributed by atoms with van der Waals surface area (Å²) < 4.78 is 22.9. The highest BCUT2D eigenvalue weighted by Gasteiger charge is 2.44. The molecule has 1 fully saturated rings. The molecule has 0 bridgehead atoms. The Bertz CT molecular complexity index is 1320. The SMILES string of the molecule is CC/C=C\C/C=C\C/C=C\C/C=C\CCCCCCCCCCCCC(=O)OC(COCCCCCCCCC/C=C\C/C=C\C/C=C\CCCCCCC)COC1OC(CO)C(O)C(O)C1O. The number of aliphatic hydroxyl groups is 4. The molecule has 4 N–H and O–H groups in total. The fourth-order valence-corrected chi connectivity index (χ4v) is 8.02. The Balaban J connectivity index is 2.20. The second kappa shape index (κ2) is 49.4. The van der Waals surface area contributed by atoms with Gasteiger partial charge in [-0.3, -0.25) is 4.79 Å². The van der Waals surface area contributed by atoms with Crippen LogP contribution in [0.2, 0.25) is 0 Å². The maximum atomic E-state index is 12.9. The minimum absolute atomic E-state index is 0.123. The second-order valence-corrected chi connectivity index (χ2v) is 18.6. The number of rotatable bonds is 47. The van der Waals surface area contributed by atoms with E-state index in [0.29, 0.717) is 13.0 Å². The van der Waals surface area contributed by atoms with Gasteiger partial charge in [0.25, 0.3) is 0 Å². The average molecular weight is 955 g/mol. The van der Waals surface area contributed by atoms with Crippen molar-refractivity contribution in [2.45, 2.75) is 256 Å². The molecule has 9 nitrogen and oxygen atoms in total. The van der Waals surface area contributed by atoms with Crippen molar-refractivity contribution in [1.29, 1.82) is 0 Å². The molecule has 1 rings (SSSR count). The van der Waals surface area contributed by atoms with Crippen LogP contribution in [0.5, 0.6) is 0 Å². The second-order valence-electron chi connectivity index (χ2n) is 18.6. The van der Waals surface area contributed by atoms with Gasteiger partial charge in [-0.05, 0) is 89.9 Å². The number of esters is 1. The van der Waals surface area contributed by atoms with E-state index in [0.717, 1.165) is 89.9 Å². The molecule has 392 valence electrons. The Morgan fingerprint density at radius 2 is 0.897 bits per heavy atom. The molecule has 0 aromatic rings. The highest BCUT2D eigenvalue weighted by atomic mass is 16.7. The van der Waals surface area contributed by atoms with Gasteiger partial charge in [0.2, 0.25) is 0 Å². The van der Waals surface area contributed by atoms with E-state index in [9.17, 15) is 25.2 Å². The molecule has 6 unspecified atom stereocenters. The molecule has 0 aliphatic carbocycles. The van der Waals surface area contributed by atoms with E-state index in [1.54, 1.807) is 0 Å². The number of unbranched alkanes of at least 4 members (excludes halogenated alkanes) is 22. The van der Waals surface area contributed by atoms with Crippen LogP contribution >= 0.6 is 0 Å². The predicted octanol–water partition coefficient (Wildman–Crippen LogP) is 14.1. The maximum Gasteiger partial charge on any atom is 0.306 e. The lowest BCUT2D eigenvalue weighted by atomic mass is 9.99. The van der Waals surface area contributed by atoms with Crippen LogP contribution in [-0.4, -0.2) is 89.6 Å². The highest BCUT2D eigenvalue weighted by Crippen LogP contribution is 2.23. The highest BCUT2D eigenvalue weighted by molar-refractivity contribution is 5.69. The Morgan fingerprint density at radius 3 is 1.35 bits per heavy atom. The van der Waals surface area contributed by atoms with Crippen LogP contribution in [0.25, 0.3) is 0 Å².